The van der Waals surface area contributed by atoms with Crippen LogP contribution in [-0.4, -0.2) is 56.0 Å². The number of aliphatic hydroxyl groups excluding tert-OH is 4. The number of nitrogens with zero attached hydrogens (tertiary/aromatic N) is 1. The fourth-order valence-electron chi connectivity index (χ4n) is 4.17. The van der Waals surface area contributed by atoms with Gasteiger partial charge in [-0.2, -0.15) is 0 Å². The topological polar surface area (TPSA) is 95.1 Å². The minimum absolute atomic E-state index is 0.0463. The fraction of sp³-hybridized carbons (Fsp3) is 0.391. The first-order valence-electron chi connectivity index (χ1n) is 10.2. The van der Waals surface area contributed by atoms with Gasteiger partial charge >= 0.3 is 0 Å². The molecule has 2 heterocycles. The molecule has 0 spiro atoms. The molecular formula is C23H25F2NO5. The van der Waals surface area contributed by atoms with Gasteiger partial charge in [-0.05, 0) is 24.1 Å². The molecule has 0 unspecified atom stereocenters. The summed E-state index contributed by atoms with van der Waals surface area (Å²) in [7, 11) is 0. The van der Waals surface area contributed by atoms with Gasteiger partial charge in [0.05, 0.1) is 18.7 Å². The third-order valence-corrected chi connectivity index (χ3v) is 5.95. The summed E-state index contributed by atoms with van der Waals surface area (Å²) < 4.78 is 36.6. The molecule has 1 aliphatic heterocycles. The normalized spacial score (nSPS) is 26.5. The zero-order chi connectivity index (χ0) is 22.3. The number of fused-ring (bicyclic) bond motifs is 1. The number of halogens is 2. The Hall–Kier alpha value is -2.36. The zero-order valence-electron chi connectivity index (χ0n) is 16.9. The van der Waals surface area contributed by atoms with Gasteiger partial charge in [0.1, 0.15) is 42.2 Å². The van der Waals surface area contributed by atoms with Crippen LogP contribution in [0, 0.1) is 11.6 Å². The Balaban J connectivity index is 1.79. The molecule has 1 aromatic heterocycles. The van der Waals surface area contributed by atoms with Crippen LogP contribution < -0.4 is 0 Å². The van der Waals surface area contributed by atoms with E-state index in [9.17, 15) is 29.2 Å². The number of benzene rings is 2. The van der Waals surface area contributed by atoms with Gasteiger partial charge < -0.3 is 29.7 Å². The largest absolute Gasteiger partial charge is 0.394 e. The van der Waals surface area contributed by atoms with Crippen molar-refractivity contribution in [1.29, 1.82) is 0 Å². The van der Waals surface area contributed by atoms with E-state index in [0.717, 1.165) is 5.56 Å². The number of aliphatic hydroxyl groups is 4. The SMILES string of the molecule is CCc1ccc(Cn2cc([C@@H]3O[C@H](CO)[C@@H](O)[C@H](O)[C@H]3O)c3cccc(F)c32)c(F)c1. The zero-order valence-corrected chi connectivity index (χ0v) is 16.9. The van der Waals surface area contributed by atoms with Gasteiger partial charge in [0, 0.05) is 22.7 Å². The van der Waals surface area contributed by atoms with Crippen LogP contribution in [0.2, 0.25) is 0 Å². The highest BCUT2D eigenvalue weighted by Crippen LogP contribution is 2.38. The Labute approximate surface area is 177 Å². The first-order chi connectivity index (χ1) is 14.8. The number of ether oxygens (including phenoxy) is 1. The van der Waals surface area contributed by atoms with E-state index in [0.29, 0.717) is 22.9 Å². The average molecular weight is 433 g/mol. The first-order valence-corrected chi connectivity index (χ1v) is 10.2. The second-order valence-corrected chi connectivity index (χ2v) is 7.88. The van der Waals surface area contributed by atoms with Gasteiger partial charge in [-0.25, -0.2) is 8.78 Å². The molecule has 4 N–H and O–H groups in total. The quantitative estimate of drug-likeness (QED) is 0.494. The molecule has 0 saturated carbocycles. The smallest absolute Gasteiger partial charge is 0.147 e. The van der Waals surface area contributed by atoms with E-state index in [1.165, 1.54) is 22.8 Å². The second kappa shape index (κ2) is 8.64. The highest BCUT2D eigenvalue weighted by molar-refractivity contribution is 5.85. The molecule has 3 aromatic rings. The lowest BCUT2D eigenvalue weighted by molar-refractivity contribution is -0.231. The monoisotopic (exact) mass is 433 g/mol. The molecule has 6 nitrogen and oxygen atoms in total. The van der Waals surface area contributed by atoms with Crippen LogP contribution in [0.15, 0.2) is 42.6 Å². The van der Waals surface area contributed by atoms with Crippen LogP contribution in [0.5, 0.6) is 0 Å². The molecule has 0 amide bonds. The Morgan fingerprint density at radius 2 is 1.77 bits per heavy atom. The van der Waals surface area contributed by atoms with Crippen molar-refractivity contribution in [2.24, 2.45) is 0 Å². The number of para-hydroxylation sites is 1. The Bertz CT molecular complexity index is 1080. The maximum atomic E-state index is 14.8. The fourth-order valence-corrected chi connectivity index (χ4v) is 4.17. The highest BCUT2D eigenvalue weighted by Gasteiger charge is 2.44. The van der Waals surface area contributed by atoms with E-state index in [2.05, 4.69) is 0 Å². The molecule has 0 aliphatic carbocycles. The molecule has 5 atom stereocenters. The maximum absolute atomic E-state index is 14.8. The Morgan fingerprint density at radius 3 is 2.45 bits per heavy atom. The number of hydrogen-bond donors (Lipinski definition) is 4. The third kappa shape index (κ3) is 3.86. The van der Waals surface area contributed by atoms with Crippen LogP contribution in [0.3, 0.4) is 0 Å². The van der Waals surface area contributed by atoms with Crippen LogP contribution in [0.25, 0.3) is 10.9 Å². The minimum Gasteiger partial charge on any atom is -0.394 e. The number of aromatic nitrogens is 1. The molecule has 1 fully saturated rings. The van der Waals surface area contributed by atoms with Crippen molar-refractivity contribution in [2.75, 3.05) is 6.61 Å². The molecular weight excluding hydrogens is 408 g/mol. The van der Waals surface area contributed by atoms with E-state index in [1.807, 2.05) is 13.0 Å². The molecule has 0 bridgehead atoms. The maximum Gasteiger partial charge on any atom is 0.147 e. The average Bonchev–Trinajstić information content (AvgIpc) is 3.13. The molecule has 0 radical (unpaired) electrons. The lowest BCUT2D eigenvalue weighted by Gasteiger charge is -2.40. The van der Waals surface area contributed by atoms with Gasteiger partial charge in [-0.1, -0.05) is 31.2 Å². The van der Waals surface area contributed by atoms with Gasteiger partial charge in [0.2, 0.25) is 0 Å². The van der Waals surface area contributed by atoms with Crippen molar-refractivity contribution in [2.45, 2.75) is 50.4 Å². The summed E-state index contributed by atoms with van der Waals surface area (Å²) in [5, 5.41) is 40.6. The Kier molecular flexibility index (Phi) is 6.09. The van der Waals surface area contributed by atoms with Gasteiger partial charge in [0.15, 0.2) is 0 Å². The predicted octanol–water partition coefficient (Wildman–Crippen LogP) is 2.05. The molecule has 31 heavy (non-hydrogen) atoms. The van der Waals surface area contributed by atoms with Crippen molar-refractivity contribution in [3.05, 3.63) is 70.9 Å². The summed E-state index contributed by atoms with van der Waals surface area (Å²) in [5.74, 6) is -0.925. The molecule has 8 heteroatoms. The van der Waals surface area contributed by atoms with Crippen molar-refractivity contribution >= 4 is 10.9 Å². The van der Waals surface area contributed by atoms with E-state index < -0.39 is 48.8 Å². The molecule has 2 aromatic carbocycles. The summed E-state index contributed by atoms with van der Waals surface area (Å²) >= 11 is 0. The van der Waals surface area contributed by atoms with Crippen LogP contribution in [-0.2, 0) is 17.7 Å². The first kappa shape index (κ1) is 21.9. The van der Waals surface area contributed by atoms with Crippen molar-refractivity contribution in [1.82, 2.24) is 4.57 Å². The number of rotatable bonds is 5. The summed E-state index contributed by atoms with van der Waals surface area (Å²) in [6.45, 7) is 1.41. The standard InChI is InChI=1S/C23H25F2NO5/c1-2-12-6-7-13(17(25)8-12)9-26-10-15(14-4-3-5-16(24)19(14)26)23-22(30)21(29)20(28)18(11-27)31-23/h3-8,10,18,20-23,27-30H,2,9,11H2,1H3/t18-,20-,21+,22-,23+/m1/s1. The minimum atomic E-state index is -1.55. The lowest BCUT2D eigenvalue weighted by atomic mass is 9.91. The van der Waals surface area contributed by atoms with Crippen LogP contribution in [0.4, 0.5) is 8.78 Å². The number of hydrogen-bond acceptors (Lipinski definition) is 5. The van der Waals surface area contributed by atoms with E-state index in [4.69, 9.17) is 4.74 Å². The molecule has 1 aliphatic rings. The van der Waals surface area contributed by atoms with Crippen molar-refractivity contribution in [3.8, 4) is 0 Å². The van der Waals surface area contributed by atoms with E-state index >= 15 is 0 Å². The molecule has 1 saturated heterocycles. The summed E-state index contributed by atoms with van der Waals surface area (Å²) in [6, 6.07) is 9.37. The molecule has 166 valence electrons. The van der Waals surface area contributed by atoms with Crippen LogP contribution >= 0.6 is 0 Å². The second-order valence-electron chi connectivity index (χ2n) is 7.88. The molecule has 4 rings (SSSR count). The van der Waals surface area contributed by atoms with E-state index in [-0.39, 0.29) is 12.1 Å². The van der Waals surface area contributed by atoms with Crippen LogP contribution in [0.1, 0.15) is 29.7 Å². The number of aryl methyl sites for hydroxylation is 1. The Morgan fingerprint density at radius 1 is 1.00 bits per heavy atom. The van der Waals surface area contributed by atoms with Gasteiger partial charge in [-0.3, -0.25) is 0 Å². The third-order valence-electron chi connectivity index (χ3n) is 5.95. The van der Waals surface area contributed by atoms with Crippen molar-refractivity contribution in [3.63, 3.8) is 0 Å². The van der Waals surface area contributed by atoms with Gasteiger partial charge in [0.25, 0.3) is 0 Å². The lowest BCUT2D eigenvalue weighted by Crippen LogP contribution is -2.55. The van der Waals surface area contributed by atoms with Gasteiger partial charge in [-0.15, -0.1) is 0 Å². The van der Waals surface area contributed by atoms with Crippen molar-refractivity contribution < 1.29 is 33.9 Å². The highest BCUT2D eigenvalue weighted by atomic mass is 19.1. The van der Waals surface area contributed by atoms with E-state index in [1.54, 1.807) is 18.3 Å². The summed E-state index contributed by atoms with van der Waals surface area (Å²) in [6.07, 6.45) is -4.51. The predicted molar refractivity (Wildman–Crippen MR) is 109 cm³/mol. The summed E-state index contributed by atoms with van der Waals surface area (Å²) in [4.78, 5) is 0. The summed E-state index contributed by atoms with van der Waals surface area (Å²) in [5.41, 5.74) is 1.80.